The van der Waals surface area contributed by atoms with E-state index in [1.54, 1.807) is 24.3 Å². The van der Waals surface area contributed by atoms with Crippen molar-refractivity contribution >= 4 is 57.5 Å². The van der Waals surface area contributed by atoms with Gasteiger partial charge < -0.3 is 10.3 Å². The van der Waals surface area contributed by atoms with Gasteiger partial charge in [0, 0.05) is 10.7 Å². The van der Waals surface area contributed by atoms with Gasteiger partial charge in [-0.2, -0.15) is 0 Å². The second-order valence-corrected chi connectivity index (χ2v) is 5.25. The van der Waals surface area contributed by atoms with Crippen LogP contribution in [0.1, 0.15) is 0 Å². The Hall–Kier alpha value is -1.42. The number of hydrogen-bond acceptors (Lipinski definition) is 2. The van der Waals surface area contributed by atoms with Crippen molar-refractivity contribution in [2.24, 2.45) is 0 Å². The van der Waals surface area contributed by atoms with Crippen LogP contribution in [-0.4, -0.2) is 9.97 Å². The highest BCUT2D eigenvalue weighted by Crippen LogP contribution is 2.28. The number of benzene rings is 2. The van der Waals surface area contributed by atoms with Crippen molar-refractivity contribution in [3.05, 3.63) is 51.5 Å². The third-order valence-electron chi connectivity index (χ3n) is 2.63. The summed E-state index contributed by atoms with van der Waals surface area (Å²) in [5.74, 6) is 0.621. The summed E-state index contributed by atoms with van der Waals surface area (Å²) in [6.45, 7) is 0. The molecule has 96 valence electrons. The molecule has 0 saturated heterocycles. The molecule has 0 unspecified atom stereocenters. The van der Waals surface area contributed by atoms with E-state index in [1.165, 1.54) is 0 Å². The van der Waals surface area contributed by atoms with Gasteiger partial charge in [-0.05, 0) is 36.4 Å². The molecule has 0 fully saturated rings. The van der Waals surface area contributed by atoms with Crippen molar-refractivity contribution in [3.8, 4) is 0 Å². The molecule has 0 aliphatic carbocycles. The molecule has 2 aromatic carbocycles. The molecular formula is C13H8Cl3N3. The number of hydrogen-bond donors (Lipinski definition) is 2. The van der Waals surface area contributed by atoms with Crippen LogP contribution in [0.15, 0.2) is 36.4 Å². The SMILES string of the molecule is Clc1ccc(Nc2nc3cc(Cl)c(Cl)cc3[nH]2)cc1. The van der Waals surface area contributed by atoms with Gasteiger partial charge in [0.05, 0.1) is 21.1 Å². The smallest absolute Gasteiger partial charge is 0.205 e. The highest BCUT2D eigenvalue weighted by molar-refractivity contribution is 6.42. The zero-order valence-electron chi connectivity index (χ0n) is 9.55. The minimum atomic E-state index is 0.485. The molecule has 1 heterocycles. The van der Waals surface area contributed by atoms with Crippen LogP contribution in [0.5, 0.6) is 0 Å². The first kappa shape index (κ1) is 12.6. The fraction of sp³-hybridized carbons (Fsp3) is 0. The Morgan fingerprint density at radius 1 is 0.947 bits per heavy atom. The van der Waals surface area contributed by atoms with Crippen molar-refractivity contribution in [1.29, 1.82) is 0 Å². The molecule has 3 nitrogen and oxygen atoms in total. The van der Waals surface area contributed by atoms with Gasteiger partial charge in [-0.1, -0.05) is 34.8 Å². The number of imidazole rings is 1. The Morgan fingerprint density at radius 2 is 1.63 bits per heavy atom. The predicted molar refractivity (Wildman–Crippen MR) is 80.8 cm³/mol. The minimum absolute atomic E-state index is 0.485. The maximum absolute atomic E-state index is 5.96. The Morgan fingerprint density at radius 3 is 2.37 bits per heavy atom. The van der Waals surface area contributed by atoms with Crippen LogP contribution in [0.4, 0.5) is 11.6 Å². The molecule has 0 spiro atoms. The molecule has 3 rings (SSSR count). The number of H-pyrrole nitrogens is 1. The highest BCUT2D eigenvalue weighted by atomic mass is 35.5. The molecule has 0 amide bonds. The van der Waals surface area contributed by atoms with Crippen molar-refractivity contribution in [1.82, 2.24) is 9.97 Å². The van der Waals surface area contributed by atoms with E-state index in [2.05, 4.69) is 15.3 Å². The zero-order valence-corrected chi connectivity index (χ0v) is 11.8. The Kier molecular flexibility index (Phi) is 3.27. The highest BCUT2D eigenvalue weighted by Gasteiger charge is 2.06. The summed E-state index contributed by atoms with van der Waals surface area (Å²) in [7, 11) is 0. The third-order valence-corrected chi connectivity index (χ3v) is 3.61. The van der Waals surface area contributed by atoms with Crippen LogP contribution in [0.25, 0.3) is 11.0 Å². The first-order valence-electron chi connectivity index (χ1n) is 5.49. The number of aromatic amines is 1. The quantitative estimate of drug-likeness (QED) is 0.677. The molecule has 0 radical (unpaired) electrons. The fourth-order valence-corrected chi connectivity index (χ4v) is 2.18. The number of anilines is 2. The van der Waals surface area contributed by atoms with Gasteiger partial charge in [-0.15, -0.1) is 0 Å². The lowest BCUT2D eigenvalue weighted by molar-refractivity contribution is 1.31. The minimum Gasteiger partial charge on any atom is -0.326 e. The summed E-state index contributed by atoms with van der Waals surface area (Å²) in [5, 5.41) is 4.82. The third kappa shape index (κ3) is 2.63. The molecule has 0 aliphatic heterocycles. The van der Waals surface area contributed by atoms with E-state index in [9.17, 15) is 0 Å². The molecule has 2 N–H and O–H groups in total. The van der Waals surface area contributed by atoms with Crippen LogP contribution in [-0.2, 0) is 0 Å². The maximum Gasteiger partial charge on any atom is 0.205 e. The van der Waals surface area contributed by atoms with Gasteiger partial charge in [0.1, 0.15) is 0 Å². The van der Waals surface area contributed by atoms with E-state index in [0.717, 1.165) is 16.7 Å². The largest absolute Gasteiger partial charge is 0.326 e. The number of aromatic nitrogens is 2. The van der Waals surface area contributed by atoms with E-state index in [1.807, 2.05) is 12.1 Å². The first-order chi connectivity index (χ1) is 9.11. The summed E-state index contributed by atoms with van der Waals surface area (Å²) in [6, 6.07) is 10.8. The van der Waals surface area contributed by atoms with Crippen molar-refractivity contribution in [2.45, 2.75) is 0 Å². The molecule has 0 aliphatic rings. The van der Waals surface area contributed by atoms with Crippen LogP contribution >= 0.6 is 34.8 Å². The van der Waals surface area contributed by atoms with Gasteiger partial charge in [0.2, 0.25) is 5.95 Å². The average molecular weight is 313 g/mol. The molecule has 3 aromatic rings. The molecule has 0 bridgehead atoms. The second-order valence-electron chi connectivity index (χ2n) is 4.00. The van der Waals surface area contributed by atoms with Gasteiger partial charge in [0.25, 0.3) is 0 Å². The van der Waals surface area contributed by atoms with Crippen molar-refractivity contribution in [3.63, 3.8) is 0 Å². The van der Waals surface area contributed by atoms with Crippen LogP contribution < -0.4 is 5.32 Å². The Balaban J connectivity index is 1.95. The van der Waals surface area contributed by atoms with Gasteiger partial charge >= 0.3 is 0 Å². The molecule has 19 heavy (non-hydrogen) atoms. The second kappa shape index (κ2) is 4.93. The maximum atomic E-state index is 5.96. The van der Waals surface area contributed by atoms with E-state index in [-0.39, 0.29) is 0 Å². The van der Waals surface area contributed by atoms with Crippen molar-refractivity contribution in [2.75, 3.05) is 5.32 Å². The van der Waals surface area contributed by atoms with Gasteiger partial charge in [-0.3, -0.25) is 0 Å². The van der Waals surface area contributed by atoms with Crippen molar-refractivity contribution < 1.29 is 0 Å². The topological polar surface area (TPSA) is 40.7 Å². The standard InChI is InChI=1S/C13H8Cl3N3/c14-7-1-3-8(4-2-7)17-13-18-11-5-9(15)10(16)6-12(11)19-13/h1-6H,(H2,17,18,19). The van der Waals surface area contributed by atoms with E-state index < -0.39 is 0 Å². The van der Waals surface area contributed by atoms with Gasteiger partial charge in [0.15, 0.2) is 0 Å². The van der Waals surface area contributed by atoms with E-state index >= 15 is 0 Å². The summed E-state index contributed by atoms with van der Waals surface area (Å²) in [4.78, 5) is 7.52. The average Bonchev–Trinajstić information content (AvgIpc) is 2.74. The summed E-state index contributed by atoms with van der Waals surface area (Å²) in [6.07, 6.45) is 0. The lowest BCUT2D eigenvalue weighted by Crippen LogP contribution is -1.91. The number of nitrogens with one attached hydrogen (secondary N) is 2. The Bertz CT molecular complexity index is 696. The van der Waals surface area contributed by atoms with E-state index in [0.29, 0.717) is 21.0 Å². The zero-order chi connectivity index (χ0) is 13.4. The summed E-state index contributed by atoms with van der Waals surface area (Å²) < 4.78 is 0. The number of fused-ring (bicyclic) bond motifs is 1. The van der Waals surface area contributed by atoms with Crippen LogP contribution in [0, 0.1) is 0 Å². The molecular weight excluding hydrogens is 305 g/mol. The Labute approximate surface area is 124 Å². The van der Waals surface area contributed by atoms with E-state index in [4.69, 9.17) is 34.8 Å². The van der Waals surface area contributed by atoms with Crippen LogP contribution in [0.2, 0.25) is 15.1 Å². The summed E-state index contributed by atoms with van der Waals surface area (Å²) >= 11 is 17.7. The lowest BCUT2D eigenvalue weighted by atomic mass is 10.3. The molecule has 6 heteroatoms. The lowest BCUT2D eigenvalue weighted by Gasteiger charge is -2.01. The number of rotatable bonds is 2. The molecule has 0 saturated carbocycles. The molecule has 0 atom stereocenters. The number of nitrogens with zero attached hydrogens (tertiary/aromatic N) is 1. The predicted octanol–water partition coefficient (Wildman–Crippen LogP) is 5.27. The fourth-order valence-electron chi connectivity index (χ4n) is 1.73. The number of halogens is 3. The van der Waals surface area contributed by atoms with Gasteiger partial charge in [-0.25, -0.2) is 4.98 Å². The van der Waals surface area contributed by atoms with Crippen LogP contribution in [0.3, 0.4) is 0 Å². The molecule has 1 aromatic heterocycles. The normalized spacial score (nSPS) is 10.9. The summed E-state index contributed by atoms with van der Waals surface area (Å²) in [5.41, 5.74) is 2.47. The first-order valence-corrected chi connectivity index (χ1v) is 6.62. The monoisotopic (exact) mass is 311 g/mol.